The molecular weight excluding hydrogens is 455 g/mol. The Bertz CT molecular complexity index is 723. The van der Waals surface area contributed by atoms with Crippen molar-refractivity contribution in [3.8, 4) is 0 Å². The molecule has 0 saturated carbocycles. The first kappa shape index (κ1) is 21.2. The van der Waals surface area contributed by atoms with Gasteiger partial charge in [-0.1, -0.05) is 35.9 Å². The number of hydrogen-bond acceptors (Lipinski definition) is 3. The maximum Gasteiger partial charge on any atom is 0.269 e. The van der Waals surface area contributed by atoms with Gasteiger partial charge in [0.1, 0.15) is 0 Å². The van der Waals surface area contributed by atoms with Crippen LogP contribution in [0.25, 0.3) is 0 Å². The number of benzene rings is 2. The van der Waals surface area contributed by atoms with Gasteiger partial charge in [0, 0.05) is 37.3 Å². The van der Waals surface area contributed by atoms with E-state index in [0.717, 1.165) is 29.1 Å². The zero-order valence-corrected chi connectivity index (χ0v) is 16.8. The molecular formula is C17H20ClIN4O2. The van der Waals surface area contributed by atoms with Crippen LogP contribution in [0.4, 0.5) is 5.69 Å². The van der Waals surface area contributed by atoms with Crippen LogP contribution in [0, 0.1) is 10.1 Å². The van der Waals surface area contributed by atoms with Crippen LogP contribution in [-0.2, 0) is 13.0 Å². The van der Waals surface area contributed by atoms with E-state index < -0.39 is 4.92 Å². The van der Waals surface area contributed by atoms with Crippen LogP contribution in [0.2, 0.25) is 5.02 Å². The van der Waals surface area contributed by atoms with Gasteiger partial charge in [0.05, 0.1) is 4.92 Å². The van der Waals surface area contributed by atoms with Gasteiger partial charge in [0.2, 0.25) is 0 Å². The van der Waals surface area contributed by atoms with E-state index in [0.29, 0.717) is 12.5 Å². The summed E-state index contributed by atoms with van der Waals surface area (Å²) in [7, 11) is 1.70. The third-order valence-electron chi connectivity index (χ3n) is 3.43. The van der Waals surface area contributed by atoms with E-state index in [1.807, 2.05) is 24.3 Å². The van der Waals surface area contributed by atoms with Gasteiger partial charge in [-0.15, -0.1) is 24.0 Å². The van der Waals surface area contributed by atoms with Crippen LogP contribution < -0.4 is 10.6 Å². The highest BCUT2D eigenvalue weighted by molar-refractivity contribution is 14.0. The standard InChI is InChI=1S/C17H19ClN4O2.HI/c1-19-17(20-10-9-13-3-2-4-15(18)11-13)21-12-14-5-7-16(8-6-14)22(23)24;/h2-8,11H,9-10,12H2,1H3,(H2,19,20,21);1H. The zero-order chi connectivity index (χ0) is 17.4. The normalized spacial score (nSPS) is 10.7. The van der Waals surface area contributed by atoms with Gasteiger partial charge in [0.25, 0.3) is 5.69 Å². The molecule has 0 unspecified atom stereocenters. The van der Waals surface area contributed by atoms with Crippen molar-refractivity contribution in [3.63, 3.8) is 0 Å². The number of nitrogens with zero attached hydrogens (tertiary/aromatic N) is 2. The Labute approximate surface area is 168 Å². The number of guanidine groups is 1. The monoisotopic (exact) mass is 474 g/mol. The number of nitro groups is 1. The molecule has 0 aliphatic carbocycles. The van der Waals surface area contributed by atoms with E-state index >= 15 is 0 Å². The van der Waals surface area contributed by atoms with Gasteiger partial charge < -0.3 is 10.6 Å². The summed E-state index contributed by atoms with van der Waals surface area (Å²) < 4.78 is 0. The molecule has 0 spiro atoms. The molecule has 6 nitrogen and oxygen atoms in total. The van der Waals surface area contributed by atoms with E-state index in [1.54, 1.807) is 19.2 Å². The summed E-state index contributed by atoms with van der Waals surface area (Å²) in [5, 5.41) is 17.8. The van der Waals surface area contributed by atoms with Gasteiger partial charge in [-0.3, -0.25) is 15.1 Å². The lowest BCUT2D eigenvalue weighted by Crippen LogP contribution is -2.37. The summed E-state index contributed by atoms with van der Waals surface area (Å²) in [5.41, 5.74) is 2.18. The summed E-state index contributed by atoms with van der Waals surface area (Å²) in [6, 6.07) is 14.2. The Morgan fingerprint density at radius 2 is 1.88 bits per heavy atom. The van der Waals surface area contributed by atoms with E-state index in [1.165, 1.54) is 12.1 Å². The van der Waals surface area contributed by atoms with E-state index in [2.05, 4.69) is 15.6 Å². The first-order chi connectivity index (χ1) is 11.6. The predicted molar refractivity (Wildman–Crippen MR) is 112 cm³/mol. The highest BCUT2D eigenvalue weighted by atomic mass is 127. The minimum Gasteiger partial charge on any atom is -0.356 e. The van der Waals surface area contributed by atoms with Crippen LogP contribution in [-0.4, -0.2) is 24.5 Å². The molecule has 0 bridgehead atoms. The van der Waals surface area contributed by atoms with E-state index in [4.69, 9.17) is 11.6 Å². The Morgan fingerprint density at radius 3 is 2.48 bits per heavy atom. The summed E-state index contributed by atoms with van der Waals surface area (Å²) >= 11 is 5.96. The third kappa shape index (κ3) is 7.27. The van der Waals surface area contributed by atoms with E-state index in [-0.39, 0.29) is 29.7 Å². The minimum atomic E-state index is -0.409. The van der Waals surface area contributed by atoms with Crippen molar-refractivity contribution < 1.29 is 4.92 Å². The summed E-state index contributed by atoms with van der Waals surface area (Å²) in [6.45, 7) is 1.26. The van der Waals surface area contributed by atoms with Crippen LogP contribution in [0.3, 0.4) is 0 Å². The maximum absolute atomic E-state index is 10.6. The van der Waals surface area contributed by atoms with Crippen LogP contribution in [0.5, 0.6) is 0 Å². The van der Waals surface area contributed by atoms with Crippen molar-refractivity contribution in [2.24, 2.45) is 4.99 Å². The topological polar surface area (TPSA) is 79.6 Å². The number of aliphatic imine (C=N–C) groups is 1. The molecule has 0 aliphatic heterocycles. The molecule has 25 heavy (non-hydrogen) atoms. The van der Waals surface area contributed by atoms with Crippen molar-refractivity contribution in [2.75, 3.05) is 13.6 Å². The quantitative estimate of drug-likeness (QED) is 0.220. The highest BCUT2D eigenvalue weighted by Gasteiger charge is 2.04. The minimum absolute atomic E-state index is 0. The fourth-order valence-electron chi connectivity index (χ4n) is 2.16. The van der Waals surface area contributed by atoms with Crippen molar-refractivity contribution >= 4 is 47.2 Å². The largest absolute Gasteiger partial charge is 0.356 e. The summed E-state index contributed by atoms with van der Waals surface area (Å²) in [6.07, 6.45) is 0.832. The zero-order valence-electron chi connectivity index (χ0n) is 13.7. The second-order valence-electron chi connectivity index (χ2n) is 5.16. The Kier molecular flexibility index (Phi) is 9.22. The Morgan fingerprint density at radius 1 is 1.16 bits per heavy atom. The summed E-state index contributed by atoms with van der Waals surface area (Å²) in [4.78, 5) is 14.4. The molecule has 2 rings (SSSR count). The molecule has 0 heterocycles. The first-order valence-electron chi connectivity index (χ1n) is 7.51. The smallest absolute Gasteiger partial charge is 0.269 e. The van der Waals surface area contributed by atoms with Crippen molar-refractivity contribution in [1.82, 2.24) is 10.6 Å². The fourth-order valence-corrected chi connectivity index (χ4v) is 2.37. The van der Waals surface area contributed by atoms with Crippen molar-refractivity contribution in [3.05, 3.63) is 74.8 Å². The number of nitro benzene ring substituents is 1. The predicted octanol–water partition coefficient (Wildman–Crippen LogP) is 3.77. The highest BCUT2D eigenvalue weighted by Crippen LogP contribution is 2.12. The van der Waals surface area contributed by atoms with Crippen molar-refractivity contribution in [1.29, 1.82) is 0 Å². The lowest BCUT2D eigenvalue weighted by atomic mass is 10.1. The van der Waals surface area contributed by atoms with Crippen LogP contribution >= 0.6 is 35.6 Å². The average molecular weight is 475 g/mol. The van der Waals surface area contributed by atoms with E-state index in [9.17, 15) is 10.1 Å². The third-order valence-corrected chi connectivity index (χ3v) is 3.66. The fraction of sp³-hybridized carbons (Fsp3) is 0.235. The van der Waals surface area contributed by atoms with Crippen molar-refractivity contribution in [2.45, 2.75) is 13.0 Å². The Hall–Kier alpha value is -1.87. The molecule has 0 amide bonds. The second-order valence-corrected chi connectivity index (χ2v) is 5.59. The van der Waals surface area contributed by atoms with Crippen LogP contribution in [0.1, 0.15) is 11.1 Å². The van der Waals surface area contributed by atoms with Crippen LogP contribution in [0.15, 0.2) is 53.5 Å². The maximum atomic E-state index is 10.6. The molecule has 8 heteroatoms. The molecule has 2 aromatic rings. The number of halogens is 2. The first-order valence-corrected chi connectivity index (χ1v) is 7.88. The molecule has 0 fully saturated rings. The molecule has 0 saturated heterocycles. The SMILES string of the molecule is CN=C(NCCc1cccc(Cl)c1)NCc1ccc([N+](=O)[O-])cc1.I. The molecule has 0 atom stereocenters. The lowest BCUT2D eigenvalue weighted by molar-refractivity contribution is -0.384. The molecule has 2 N–H and O–H groups in total. The molecule has 0 radical (unpaired) electrons. The molecule has 134 valence electrons. The van der Waals surface area contributed by atoms with Gasteiger partial charge in [-0.25, -0.2) is 0 Å². The number of nitrogens with one attached hydrogen (secondary N) is 2. The molecule has 0 aliphatic rings. The Balaban J connectivity index is 0.00000312. The lowest BCUT2D eigenvalue weighted by Gasteiger charge is -2.12. The average Bonchev–Trinajstić information content (AvgIpc) is 2.58. The number of non-ortho nitro benzene ring substituents is 1. The molecule has 0 aromatic heterocycles. The summed E-state index contributed by atoms with van der Waals surface area (Å²) in [5.74, 6) is 0.676. The number of rotatable bonds is 6. The second kappa shape index (κ2) is 10.9. The van der Waals surface area contributed by atoms with Gasteiger partial charge in [-0.2, -0.15) is 0 Å². The number of hydrogen-bond donors (Lipinski definition) is 2. The van der Waals surface area contributed by atoms with Gasteiger partial charge in [0.15, 0.2) is 5.96 Å². The van der Waals surface area contributed by atoms with Gasteiger partial charge >= 0.3 is 0 Å². The van der Waals surface area contributed by atoms with Gasteiger partial charge in [-0.05, 0) is 29.7 Å². The molecule has 2 aromatic carbocycles.